The van der Waals surface area contributed by atoms with Crippen molar-refractivity contribution in [3.05, 3.63) is 30.1 Å². The van der Waals surface area contributed by atoms with E-state index >= 15 is 0 Å². The van der Waals surface area contributed by atoms with Crippen molar-refractivity contribution < 1.29 is 0 Å². The molecule has 1 aromatic rings. The highest BCUT2D eigenvalue weighted by molar-refractivity contribution is 5.03. The minimum Gasteiger partial charge on any atom is -0.328 e. The summed E-state index contributed by atoms with van der Waals surface area (Å²) >= 11 is 0. The molecular formula is C14H23N3. The summed E-state index contributed by atoms with van der Waals surface area (Å²) in [6.45, 7) is 4.30. The van der Waals surface area contributed by atoms with E-state index < -0.39 is 0 Å². The summed E-state index contributed by atoms with van der Waals surface area (Å²) in [5.74, 6) is 0. The highest BCUT2D eigenvalue weighted by Gasteiger charge is 2.23. The minimum absolute atomic E-state index is 0.430. The Bertz CT molecular complexity index is 317. The topological polar surface area (TPSA) is 42.2 Å². The van der Waals surface area contributed by atoms with Gasteiger partial charge in [0.1, 0.15) is 0 Å². The van der Waals surface area contributed by atoms with Crippen LogP contribution in [0.3, 0.4) is 0 Å². The lowest BCUT2D eigenvalue weighted by Gasteiger charge is -2.35. The standard InChI is InChI=1S/C14H23N3/c1-2-17(11-13-5-3-4-10-16-13)14-8-6-12(15)7-9-14/h3-5,10,12,14H,2,6-9,11,15H2,1H3. The summed E-state index contributed by atoms with van der Waals surface area (Å²) < 4.78 is 0. The van der Waals surface area contributed by atoms with Gasteiger partial charge in [-0.25, -0.2) is 0 Å². The van der Waals surface area contributed by atoms with E-state index in [1.165, 1.54) is 31.4 Å². The smallest absolute Gasteiger partial charge is 0.0544 e. The molecule has 0 radical (unpaired) electrons. The Morgan fingerprint density at radius 3 is 2.65 bits per heavy atom. The van der Waals surface area contributed by atoms with Gasteiger partial charge in [0.25, 0.3) is 0 Å². The van der Waals surface area contributed by atoms with Gasteiger partial charge in [0.05, 0.1) is 5.69 Å². The first kappa shape index (κ1) is 12.5. The first-order valence-electron chi connectivity index (χ1n) is 6.69. The van der Waals surface area contributed by atoms with Gasteiger partial charge in [-0.1, -0.05) is 13.0 Å². The van der Waals surface area contributed by atoms with E-state index in [1.54, 1.807) is 0 Å². The number of hydrogen-bond donors (Lipinski definition) is 1. The van der Waals surface area contributed by atoms with Gasteiger partial charge in [0.2, 0.25) is 0 Å². The molecule has 17 heavy (non-hydrogen) atoms. The van der Waals surface area contributed by atoms with Crippen LogP contribution in [-0.2, 0) is 6.54 Å². The molecule has 0 spiro atoms. The highest BCUT2D eigenvalue weighted by atomic mass is 15.2. The fourth-order valence-corrected chi connectivity index (χ4v) is 2.67. The van der Waals surface area contributed by atoms with Crippen LogP contribution < -0.4 is 5.73 Å². The van der Waals surface area contributed by atoms with Crippen molar-refractivity contribution in [1.82, 2.24) is 9.88 Å². The van der Waals surface area contributed by atoms with Gasteiger partial charge >= 0.3 is 0 Å². The first-order valence-corrected chi connectivity index (χ1v) is 6.69. The van der Waals surface area contributed by atoms with E-state index in [4.69, 9.17) is 5.73 Å². The number of rotatable bonds is 4. The summed E-state index contributed by atoms with van der Waals surface area (Å²) in [7, 11) is 0. The molecule has 2 N–H and O–H groups in total. The molecule has 0 unspecified atom stereocenters. The zero-order valence-electron chi connectivity index (χ0n) is 10.7. The van der Waals surface area contributed by atoms with Crippen molar-refractivity contribution in [3.8, 4) is 0 Å². The Hall–Kier alpha value is -0.930. The second-order valence-corrected chi connectivity index (χ2v) is 4.95. The molecule has 0 amide bonds. The van der Waals surface area contributed by atoms with E-state index in [0.29, 0.717) is 12.1 Å². The summed E-state index contributed by atoms with van der Waals surface area (Å²) in [6.07, 6.45) is 6.69. The molecule has 3 heteroatoms. The summed E-state index contributed by atoms with van der Waals surface area (Å²) in [5.41, 5.74) is 7.13. The summed E-state index contributed by atoms with van der Waals surface area (Å²) in [5, 5.41) is 0. The Morgan fingerprint density at radius 2 is 2.06 bits per heavy atom. The number of hydrogen-bond acceptors (Lipinski definition) is 3. The molecule has 0 bridgehead atoms. The lowest BCUT2D eigenvalue weighted by molar-refractivity contribution is 0.148. The van der Waals surface area contributed by atoms with Crippen LogP contribution in [0, 0.1) is 0 Å². The van der Waals surface area contributed by atoms with Crippen molar-refractivity contribution in [1.29, 1.82) is 0 Å². The normalized spacial score (nSPS) is 25.1. The Balaban J connectivity index is 1.92. The Kier molecular flexibility index (Phi) is 4.51. The summed E-state index contributed by atoms with van der Waals surface area (Å²) in [6, 6.07) is 7.27. The predicted molar refractivity (Wildman–Crippen MR) is 70.6 cm³/mol. The fraction of sp³-hybridized carbons (Fsp3) is 0.643. The van der Waals surface area contributed by atoms with E-state index in [0.717, 1.165) is 13.1 Å². The molecule has 1 aliphatic carbocycles. The zero-order chi connectivity index (χ0) is 12.1. The monoisotopic (exact) mass is 233 g/mol. The lowest BCUT2D eigenvalue weighted by Crippen LogP contribution is -2.40. The molecule has 0 atom stereocenters. The quantitative estimate of drug-likeness (QED) is 0.866. The summed E-state index contributed by atoms with van der Waals surface area (Å²) in [4.78, 5) is 6.95. The molecule has 0 saturated heterocycles. The van der Waals surface area contributed by atoms with E-state index in [1.807, 2.05) is 12.3 Å². The van der Waals surface area contributed by atoms with E-state index in [-0.39, 0.29) is 0 Å². The van der Waals surface area contributed by atoms with E-state index in [9.17, 15) is 0 Å². The van der Waals surface area contributed by atoms with Gasteiger partial charge in [-0.2, -0.15) is 0 Å². The zero-order valence-corrected chi connectivity index (χ0v) is 10.7. The maximum absolute atomic E-state index is 5.96. The molecular weight excluding hydrogens is 210 g/mol. The number of pyridine rings is 1. The van der Waals surface area contributed by atoms with Gasteiger partial charge in [-0.05, 0) is 44.4 Å². The van der Waals surface area contributed by atoms with Crippen molar-refractivity contribution in [2.24, 2.45) is 5.73 Å². The van der Waals surface area contributed by atoms with Crippen LogP contribution in [0.2, 0.25) is 0 Å². The van der Waals surface area contributed by atoms with E-state index in [2.05, 4.69) is 28.9 Å². The van der Waals surface area contributed by atoms with Gasteiger partial charge in [-0.15, -0.1) is 0 Å². The average molecular weight is 233 g/mol. The van der Waals surface area contributed by atoms with Crippen LogP contribution in [0.15, 0.2) is 24.4 Å². The van der Waals surface area contributed by atoms with Crippen molar-refractivity contribution >= 4 is 0 Å². The predicted octanol–water partition coefficient (Wildman–Crippen LogP) is 2.17. The third-order valence-corrected chi connectivity index (χ3v) is 3.76. The second kappa shape index (κ2) is 6.12. The number of nitrogens with zero attached hydrogens (tertiary/aromatic N) is 2. The largest absolute Gasteiger partial charge is 0.328 e. The molecule has 1 fully saturated rings. The third kappa shape index (κ3) is 3.51. The number of aromatic nitrogens is 1. The van der Waals surface area contributed by atoms with Crippen LogP contribution in [0.1, 0.15) is 38.3 Å². The van der Waals surface area contributed by atoms with Crippen LogP contribution in [0.4, 0.5) is 0 Å². The van der Waals surface area contributed by atoms with Crippen LogP contribution in [0.5, 0.6) is 0 Å². The Labute approximate surface area is 104 Å². The molecule has 3 nitrogen and oxygen atoms in total. The molecule has 0 aromatic carbocycles. The SMILES string of the molecule is CCN(Cc1ccccn1)C1CCC(N)CC1. The van der Waals surface area contributed by atoms with Crippen molar-refractivity contribution in [2.45, 2.75) is 51.2 Å². The lowest BCUT2D eigenvalue weighted by atomic mass is 9.90. The van der Waals surface area contributed by atoms with Crippen molar-refractivity contribution in [2.75, 3.05) is 6.54 Å². The molecule has 1 heterocycles. The minimum atomic E-state index is 0.430. The van der Waals surface area contributed by atoms with Crippen LogP contribution in [0.25, 0.3) is 0 Å². The molecule has 0 aliphatic heterocycles. The maximum atomic E-state index is 5.96. The second-order valence-electron chi connectivity index (χ2n) is 4.95. The number of nitrogens with two attached hydrogens (primary N) is 1. The average Bonchev–Trinajstić information content (AvgIpc) is 2.38. The van der Waals surface area contributed by atoms with Gasteiger partial charge in [0, 0.05) is 24.8 Å². The Morgan fingerprint density at radius 1 is 1.29 bits per heavy atom. The molecule has 2 rings (SSSR count). The van der Waals surface area contributed by atoms with Crippen LogP contribution >= 0.6 is 0 Å². The molecule has 94 valence electrons. The highest BCUT2D eigenvalue weighted by Crippen LogP contribution is 2.23. The van der Waals surface area contributed by atoms with Crippen molar-refractivity contribution in [3.63, 3.8) is 0 Å². The maximum Gasteiger partial charge on any atom is 0.0544 e. The molecule has 1 aliphatic rings. The fourth-order valence-electron chi connectivity index (χ4n) is 2.67. The van der Waals surface area contributed by atoms with Crippen LogP contribution in [-0.4, -0.2) is 28.5 Å². The van der Waals surface area contributed by atoms with Gasteiger partial charge < -0.3 is 5.73 Å². The molecule has 1 aromatic heterocycles. The third-order valence-electron chi connectivity index (χ3n) is 3.76. The van der Waals surface area contributed by atoms with Gasteiger partial charge in [-0.3, -0.25) is 9.88 Å². The molecule has 1 saturated carbocycles. The van der Waals surface area contributed by atoms with Gasteiger partial charge in [0.15, 0.2) is 0 Å². The first-order chi connectivity index (χ1) is 8.29.